The van der Waals surface area contributed by atoms with E-state index in [0.717, 1.165) is 22.1 Å². The van der Waals surface area contributed by atoms with Crippen LogP contribution >= 0.6 is 11.8 Å². The fourth-order valence-corrected chi connectivity index (χ4v) is 4.18. The molecule has 1 heterocycles. The average molecular weight is 463 g/mol. The van der Waals surface area contributed by atoms with Crippen LogP contribution in [0, 0.1) is 12.7 Å². The monoisotopic (exact) mass is 462 g/mol. The molecule has 0 aliphatic rings. The number of anilines is 1. The van der Waals surface area contributed by atoms with E-state index in [1.807, 2.05) is 35.8 Å². The minimum Gasteiger partial charge on any atom is -0.485 e. The molecular weight excluding hydrogens is 439 g/mol. The fraction of sp³-hybridized carbons (Fsp3) is 0.160. The Kier molecular flexibility index (Phi) is 7.04. The number of ether oxygens (including phenoxy) is 1. The van der Waals surface area contributed by atoms with Gasteiger partial charge in [-0.2, -0.15) is 0 Å². The number of nitrogens with zero attached hydrogens (tertiary/aromatic N) is 3. The van der Waals surface area contributed by atoms with E-state index in [1.165, 1.54) is 36.0 Å². The number of carbonyl (C=O) groups excluding carboxylic acids is 1. The summed E-state index contributed by atoms with van der Waals surface area (Å²) in [6, 6.07) is 17.8. The molecule has 8 heteroatoms. The molecule has 1 aromatic heterocycles. The zero-order chi connectivity index (χ0) is 23.2. The molecule has 0 unspecified atom stereocenters. The van der Waals surface area contributed by atoms with Gasteiger partial charge in [0.05, 0.1) is 5.75 Å². The zero-order valence-electron chi connectivity index (χ0n) is 18.1. The second-order valence-corrected chi connectivity index (χ2v) is 8.28. The molecular formula is C25H23FN4O2S. The lowest BCUT2D eigenvalue weighted by molar-refractivity contribution is -0.113. The molecule has 0 spiro atoms. The zero-order valence-corrected chi connectivity index (χ0v) is 18.9. The third-order valence-corrected chi connectivity index (χ3v) is 6.04. The van der Waals surface area contributed by atoms with Crippen molar-refractivity contribution in [3.05, 3.63) is 90.5 Å². The Labute approximate surface area is 195 Å². The number of amides is 1. The van der Waals surface area contributed by atoms with Crippen LogP contribution in [-0.2, 0) is 17.9 Å². The minimum absolute atomic E-state index is 0.136. The van der Waals surface area contributed by atoms with Crippen LogP contribution < -0.4 is 10.1 Å². The lowest BCUT2D eigenvalue weighted by Crippen LogP contribution is -2.15. The van der Waals surface area contributed by atoms with Gasteiger partial charge in [-0.05, 0) is 53.6 Å². The standard InChI is InChI=1S/C25H23FN4O2S/c1-3-14-30-23(15-32-22-13-8-18-6-4-5-7-21(18)17(22)2)28-29-25(30)33-16-24(31)27-20-11-9-19(26)10-12-20/h3-13H,1,14-16H2,2H3,(H,27,31). The van der Waals surface area contributed by atoms with Crippen LogP contribution in [0.4, 0.5) is 10.1 Å². The number of benzene rings is 3. The summed E-state index contributed by atoms with van der Waals surface area (Å²) >= 11 is 1.26. The molecule has 4 rings (SSSR count). The molecule has 168 valence electrons. The van der Waals surface area contributed by atoms with E-state index < -0.39 is 0 Å². The molecule has 33 heavy (non-hydrogen) atoms. The van der Waals surface area contributed by atoms with Crippen molar-refractivity contribution in [2.24, 2.45) is 0 Å². The minimum atomic E-state index is -0.353. The molecule has 4 aromatic rings. The van der Waals surface area contributed by atoms with Gasteiger partial charge in [0.25, 0.3) is 0 Å². The molecule has 0 fully saturated rings. The SMILES string of the molecule is C=CCn1c(COc2ccc3ccccc3c2C)nnc1SCC(=O)Nc1ccc(F)cc1. The number of carbonyl (C=O) groups is 1. The second-order valence-electron chi connectivity index (χ2n) is 7.34. The maximum absolute atomic E-state index is 13.0. The van der Waals surface area contributed by atoms with Crippen LogP contribution in [-0.4, -0.2) is 26.4 Å². The van der Waals surface area contributed by atoms with Crippen molar-refractivity contribution in [1.82, 2.24) is 14.8 Å². The molecule has 1 N–H and O–H groups in total. The summed E-state index contributed by atoms with van der Waals surface area (Å²) in [5.41, 5.74) is 1.60. The topological polar surface area (TPSA) is 69.0 Å². The first kappa shape index (κ1) is 22.5. The van der Waals surface area contributed by atoms with Crippen LogP contribution in [0.1, 0.15) is 11.4 Å². The summed E-state index contributed by atoms with van der Waals surface area (Å²) in [6.45, 7) is 6.57. The first-order valence-corrected chi connectivity index (χ1v) is 11.4. The molecule has 6 nitrogen and oxygen atoms in total. The van der Waals surface area contributed by atoms with Gasteiger partial charge in [0.2, 0.25) is 5.91 Å². The Morgan fingerprint density at radius 2 is 1.94 bits per heavy atom. The number of rotatable bonds is 9. The number of nitrogens with one attached hydrogen (secondary N) is 1. The first-order chi connectivity index (χ1) is 16.0. The number of aromatic nitrogens is 3. The molecule has 0 saturated carbocycles. The predicted molar refractivity (Wildman–Crippen MR) is 129 cm³/mol. The van der Waals surface area contributed by atoms with Crippen LogP contribution in [0.3, 0.4) is 0 Å². The number of halogens is 1. The molecule has 0 radical (unpaired) electrons. The van der Waals surface area contributed by atoms with Crippen molar-refractivity contribution in [1.29, 1.82) is 0 Å². The number of aryl methyl sites for hydroxylation is 1. The van der Waals surface area contributed by atoms with Crippen molar-refractivity contribution in [3.63, 3.8) is 0 Å². The van der Waals surface area contributed by atoms with E-state index in [4.69, 9.17) is 4.74 Å². The Morgan fingerprint density at radius 1 is 1.15 bits per heavy atom. The largest absolute Gasteiger partial charge is 0.485 e. The van der Waals surface area contributed by atoms with E-state index in [0.29, 0.717) is 23.2 Å². The Balaban J connectivity index is 1.42. The van der Waals surface area contributed by atoms with Crippen molar-refractivity contribution in [2.75, 3.05) is 11.1 Å². The molecule has 0 aliphatic heterocycles. The Bertz CT molecular complexity index is 1290. The smallest absolute Gasteiger partial charge is 0.234 e. The predicted octanol–water partition coefficient (Wildman–Crippen LogP) is 5.37. The van der Waals surface area contributed by atoms with Gasteiger partial charge < -0.3 is 10.1 Å². The molecule has 0 aliphatic carbocycles. The van der Waals surface area contributed by atoms with Gasteiger partial charge in [-0.25, -0.2) is 4.39 Å². The van der Waals surface area contributed by atoms with Crippen LogP contribution in [0.25, 0.3) is 10.8 Å². The van der Waals surface area contributed by atoms with E-state index in [-0.39, 0.29) is 24.1 Å². The number of thioether (sulfide) groups is 1. The van der Waals surface area contributed by atoms with Gasteiger partial charge in [0.15, 0.2) is 11.0 Å². The quantitative estimate of drug-likeness (QED) is 0.267. The lowest BCUT2D eigenvalue weighted by atomic mass is 10.0. The first-order valence-electron chi connectivity index (χ1n) is 10.4. The summed E-state index contributed by atoms with van der Waals surface area (Å²) in [7, 11) is 0. The molecule has 1 amide bonds. The van der Waals surface area contributed by atoms with Crippen LogP contribution in [0.5, 0.6) is 5.75 Å². The van der Waals surface area contributed by atoms with Gasteiger partial charge in [-0.1, -0.05) is 48.2 Å². The van der Waals surface area contributed by atoms with Crippen molar-refractivity contribution >= 4 is 34.1 Å². The lowest BCUT2D eigenvalue weighted by Gasteiger charge is -2.12. The average Bonchev–Trinajstić information content (AvgIpc) is 3.21. The number of allylic oxidation sites excluding steroid dienone is 1. The van der Waals surface area contributed by atoms with Crippen molar-refractivity contribution in [3.8, 4) is 5.75 Å². The third kappa shape index (κ3) is 5.40. The van der Waals surface area contributed by atoms with Gasteiger partial charge >= 0.3 is 0 Å². The van der Waals surface area contributed by atoms with Gasteiger partial charge in [-0.15, -0.1) is 16.8 Å². The summed E-state index contributed by atoms with van der Waals surface area (Å²) in [5.74, 6) is 0.994. The van der Waals surface area contributed by atoms with Crippen molar-refractivity contribution in [2.45, 2.75) is 25.2 Å². The Morgan fingerprint density at radius 3 is 2.73 bits per heavy atom. The van der Waals surface area contributed by atoms with Crippen LogP contribution in [0.15, 0.2) is 78.5 Å². The highest BCUT2D eigenvalue weighted by molar-refractivity contribution is 7.99. The molecule has 3 aromatic carbocycles. The molecule has 0 saturated heterocycles. The summed E-state index contributed by atoms with van der Waals surface area (Å²) in [6.07, 6.45) is 1.75. The molecule has 0 bridgehead atoms. The number of hydrogen-bond acceptors (Lipinski definition) is 5. The maximum atomic E-state index is 13.0. The fourth-order valence-electron chi connectivity index (χ4n) is 3.41. The summed E-state index contributed by atoms with van der Waals surface area (Å²) < 4.78 is 21.0. The second kappa shape index (κ2) is 10.3. The van der Waals surface area contributed by atoms with E-state index in [9.17, 15) is 9.18 Å². The van der Waals surface area contributed by atoms with Crippen molar-refractivity contribution < 1.29 is 13.9 Å². The van der Waals surface area contributed by atoms with Gasteiger partial charge in [0, 0.05) is 12.2 Å². The van der Waals surface area contributed by atoms with Gasteiger partial charge in [-0.3, -0.25) is 9.36 Å². The summed E-state index contributed by atoms with van der Waals surface area (Å²) in [4.78, 5) is 12.3. The van der Waals surface area contributed by atoms with E-state index in [1.54, 1.807) is 6.08 Å². The van der Waals surface area contributed by atoms with E-state index >= 15 is 0 Å². The van der Waals surface area contributed by atoms with Gasteiger partial charge in [0.1, 0.15) is 18.2 Å². The maximum Gasteiger partial charge on any atom is 0.234 e. The highest BCUT2D eigenvalue weighted by Gasteiger charge is 2.15. The highest BCUT2D eigenvalue weighted by atomic mass is 32.2. The molecule has 0 atom stereocenters. The third-order valence-electron chi connectivity index (χ3n) is 5.07. The summed E-state index contributed by atoms with van der Waals surface area (Å²) in [5, 5.41) is 14.1. The van der Waals surface area contributed by atoms with Crippen LogP contribution in [0.2, 0.25) is 0 Å². The number of hydrogen-bond donors (Lipinski definition) is 1. The number of fused-ring (bicyclic) bond motifs is 1. The Hall–Kier alpha value is -3.65. The highest BCUT2D eigenvalue weighted by Crippen LogP contribution is 2.28. The normalized spacial score (nSPS) is 10.8. The van der Waals surface area contributed by atoms with E-state index in [2.05, 4.69) is 34.2 Å².